The van der Waals surface area contributed by atoms with E-state index in [4.69, 9.17) is 30.5 Å². The fraction of sp³-hybridized carbons (Fsp3) is 0.552. The number of aromatic hydroxyl groups is 1. The maximum absolute atomic E-state index is 13.7. The van der Waals surface area contributed by atoms with Crippen molar-refractivity contribution in [3.05, 3.63) is 59.1 Å². The number of alkyl carbamates (subject to hydrolysis) is 1. The topological polar surface area (TPSA) is 136 Å². The lowest BCUT2D eigenvalue weighted by molar-refractivity contribution is -0.0907. The smallest absolute Gasteiger partial charge is 0.407 e. The molecule has 0 saturated carbocycles. The number of carbonyl (C=O) groups excluding carboxylic acids is 1. The van der Waals surface area contributed by atoms with Crippen LogP contribution < -0.4 is 5.32 Å². The van der Waals surface area contributed by atoms with E-state index in [1.165, 1.54) is 12.1 Å². The molecule has 3 N–H and O–H groups in total. The van der Waals surface area contributed by atoms with Gasteiger partial charge in [-0.1, -0.05) is 41.9 Å². The van der Waals surface area contributed by atoms with Crippen LogP contribution in [0.2, 0.25) is 5.02 Å². The Morgan fingerprint density at radius 3 is 2.74 bits per heavy atom. The molecule has 0 spiro atoms. The van der Waals surface area contributed by atoms with Crippen LogP contribution in [0.3, 0.4) is 0 Å². The zero-order valence-electron chi connectivity index (χ0n) is 23.3. The standard InChI is InChI=1S/C29H38ClN3O8S/c30-23-7-6-21(17-25(23)34)42(37)33(10-9-32-11-14-38-15-12-32)18-26(35)24(16-20-4-2-1-3-5-20)31-29(36)41-27-19-40-28-22(27)8-13-39-28/h1-7,17,22,24,26-28,34-35H,8-16,18-19H2,(H,31,36)/t22-,24-,26+,27-,28+,42?/m0/s1. The molecule has 2 aromatic rings. The minimum atomic E-state index is -1.72. The Hall–Kier alpha value is -2.13. The highest BCUT2D eigenvalue weighted by Gasteiger charge is 2.44. The van der Waals surface area contributed by atoms with E-state index < -0.39 is 35.7 Å². The first-order valence-corrected chi connectivity index (χ1v) is 15.7. The Balaban J connectivity index is 1.30. The summed E-state index contributed by atoms with van der Waals surface area (Å²) < 4.78 is 37.7. The van der Waals surface area contributed by atoms with Crippen molar-refractivity contribution in [2.75, 3.05) is 59.2 Å². The van der Waals surface area contributed by atoms with E-state index in [2.05, 4.69) is 10.2 Å². The Bertz CT molecular complexity index is 1160. The highest BCUT2D eigenvalue weighted by atomic mass is 35.5. The molecule has 3 heterocycles. The van der Waals surface area contributed by atoms with E-state index in [0.29, 0.717) is 44.2 Å². The first-order chi connectivity index (χ1) is 20.4. The van der Waals surface area contributed by atoms with Crippen molar-refractivity contribution in [2.45, 2.75) is 42.3 Å². The molecule has 1 amide bonds. The normalized spacial score (nSPS) is 24.7. The number of phenols is 1. The van der Waals surface area contributed by atoms with Crippen molar-refractivity contribution in [3.8, 4) is 5.75 Å². The Morgan fingerprint density at radius 1 is 1.19 bits per heavy atom. The summed E-state index contributed by atoms with van der Waals surface area (Å²) in [4.78, 5) is 15.6. The van der Waals surface area contributed by atoms with Crippen LogP contribution >= 0.6 is 11.6 Å². The summed E-state index contributed by atoms with van der Waals surface area (Å²) in [5.74, 6) is -0.185. The number of aliphatic hydroxyl groups excluding tert-OH is 1. The van der Waals surface area contributed by atoms with Crippen molar-refractivity contribution >= 4 is 29.1 Å². The summed E-state index contributed by atoms with van der Waals surface area (Å²) in [6, 6.07) is 13.2. The highest BCUT2D eigenvalue weighted by Crippen LogP contribution is 2.33. The maximum Gasteiger partial charge on any atom is 0.407 e. The number of hydrogen-bond acceptors (Lipinski definition) is 10. The number of aliphatic hydroxyl groups is 1. The summed E-state index contributed by atoms with van der Waals surface area (Å²) in [6.45, 7) is 4.56. The first-order valence-electron chi connectivity index (χ1n) is 14.2. The number of nitrogens with one attached hydrogen (secondary N) is 1. The molecule has 11 nitrogen and oxygen atoms in total. The van der Waals surface area contributed by atoms with Gasteiger partial charge in [-0.15, -0.1) is 4.31 Å². The average Bonchev–Trinajstić information content (AvgIpc) is 3.62. The maximum atomic E-state index is 13.7. The number of phenolic OH excluding ortho intramolecular Hbond substituents is 1. The molecule has 3 aliphatic rings. The molecule has 0 radical (unpaired) electrons. The van der Waals surface area contributed by atoms with Gasteiger partial charge in [0.1, 0.15) is 11.9 Å². The van der Waals surface area contributed by atoms with Gasteiger partial charge in [0.15, 0.2) is 11.2 Å². The van der Waals surface area contributed by atoms with E-state index in [-0.39, 0.29) is 36.1 Å². The minimum Gasteiger partial charge on any atom is -0.593 e. The van der Waals surface area contributed by atoms with Gasteiger partial charge in [-0.25, -0.2) is 4.79 Å². The van der Waals surface area contributed by atoms with Crippen molar-refractivity contribution < 1.29 is 38.5 Å². The molecule has 1 unspecified atom stereocenters. The molecular formula is C29H38ClN3O8S. The van der Waals surface area contributed by atoms with Crippen LogP contribution in [-0.2, 0) is 36.7 Å². The lowest BCUT2D eigenvalue weighted by Crippen LogP contribution is -2.52. The van der Waals surface area contributed by atoms with Gasteiger partial charge >= 0.3 is 6.09 Å². The lowest BCUT2D eigenvalue weighted by Gasteiger charge is -2.32. The number of ether oxygens (including phenoxy) is 4. The van der Waals surface area contributed by atoms with Gasteiger partial charge < -0.3 is 39.0 Å². The molecular weight excluding hydrogens is 586 g/mol. The van der Waals surface area contributed by atoms with E-state index in [1.54, 1.807) is 10.4 Å². The zero-order chi connectivity index (χ0) is 29.5. The van der Waals surface area contributed by atoms with E-state index in [1.807, 2.05) is 30.3 Å². The second-order valence-electron chi connectivity index (χ2n) is 10.7. The molecule has 3 aliphatic heterocycles. The number of rotatable bonds is 12. The molecule has 6 atom stereocenters. The summed E-state index contributed by atoms with van der Waals surface area (Å²) >= 11 is 4.26. The molecule has 3 saturated heterocycles. The number of halogens is 1. The first kappa shape index (κ1) is 31.3. The third-order valence-corrected chi connectivity index (χ3v) is 9.60. The van der Waals surface area contributed by atoms with Gasteiger partial charge in [-0.2, -0.15) is 0 Å². The van der Waals surface area contributed by atoms with Gasteiger partial charge in [0.2, 0.25) is 0 Å². The van der Waals surface area contributed by atoms with E-state index in [9.17, 15) is 19.6 Å². The quantitative estimate of drug-likeness (QED) is 0.302. The summed E-state index contributed by atoms with van der Waals surface area (Å²) in [7, 11) is 0. The van der Waals surface area contributed by atoms with Gasteiger partial charge in [0, 0.05) is 25.7 Å². The molecule has 3 fully saturated rings. The number of benzene rings is 2. The van der Waals surface area contributed by atoms with Crippen molar-refractivity contribution in [1.29, 1.82) is 0 Å². The second-order valence-corrected chi connectivity index (χ2v) is 12.6. The van der Waals surface area contributed by atoms with Crippen LogP contribution in [0.4, 0.5) is 4.79 Å². The highest BCUT2D eigenvalue weighted by molar-refractivity contribution is 7.89. The molecule has 230 valence electrons. The molecule has 13 heteroatoms. The molecule has 0 bridgehead atoms. The van der Waals surface area contributed by atoms with Crippen molar-refractivity contribution in [1.82, 2.24) is 14.5 Å². The third kappa shape index (κ3) is 8.28. The fourth-order valence-corrected chi connectivity index (χ4v) is 6.78. The lowest BCUT2D eigenvalue weighted by atomic mass is 10.0. The number of nitrogens with zero attached hydrogens (tertiary/aromatic N) is 2. The Kier molecular flexibility index (Phi) is 11.2. The molecule has 0 aliphatic carbocycles. The Morgan fingerprint density at radius 2 is 1.98 bits per heavy atom. The predicted octanol–water partition coefficient (Wildman–Crippen LogP) is 2.16. The second kappa shape index (κ2) is 15.0. The third-order valence-electron chi connectivity index (χ3n) is 7.82. The zero-order valence-corrected chi connectivity index (χ0v) is 24.9. The van der Waals surface area contributed by atoms with Crippen molar-refractivity contribution in [2.24, 2.45) is 5.92 Å². The molecule has 2 aromatic carbocycles. The number of carbonyl (C=O) groups is 1. The number of fused-ring (bicyclic) bond motifs is 1. The summed E-state index contributed by atoms with van der Waals surface area (Å²) in [5, 5.41) is 24.7. The van der Waals surface area contributed by atoms with Gasteiger partial charge in [0.25, 0.3) is 0 Å². The van der Waals surface area contributed by atoms with Crippen LogP contribution in [-0.4, -0.2) is 114 Å². The predicted molar refractivity (Wildman–Crippen MR) is 156 cm³/mol. The van der Waals surface area contributed by atoms with Gasteiger partial charge in [-0.05, 0) is 30.5 Å². The van der Waals surface area contributed by atoms with Crippen molar-refractivity contribution in [3.63, 3.8) is 0 Å². The van der Waals surface area contributed by atoms with Crippen LogP contribution in [0.25, 0.3) is 0 Å². The van der Waals surface area contributed by atoms with Crippen LogP contribution in [0.5, 0.6) is 5.75 Å². The van der Waals surface area contributed by atoms with Crippen LogP contribution in [0.1, 0.15) is 12.0 Å². The van der Waals surface area contributed by atoms with E-state index >= 15 is 0 Å². The number of amides is 1. The minimum absolute atomic E-state index is 0.0107. The number of morpholine rings is 1. The average molecular weight is 624 g/mol. The largest absolute Gasteiger partial charge is 0.593 e. The summed E-state index contributed by atoms with van der Waals surface area (Å²) in [6.07, 6.45) is -1.45. The van der Waals surface area contributed by atoms with Crippen LogP contribution in [0, 0.1) is 5.92 Å². The SMILES string of the molecule is O=C(N[C@@H](Cc1ccccc1)[C@H](O)CN(CCN1CCOCC1)[S+]([O-])c1ccc(Cl)c(O)c1)O[C@H]1CO[C@H]2OCC[C@H]21. The number of hydrogen-bond donors (Lipinski definition) is 3. The molecule has 42 heavy (non-hydrogen) atoms. The van der Waals surface area contributed by atoms with Gasteiger partial charge in [-0.3, -0.25) is 4.90 Å². The fourth-order valence-electron chi connectivity index (χ4n) is 5.43. The Labute approximate surface area is 253 Å². The molecule has 5 rings (SSSR count). The van der Waals surface area contributed by atoms with E-state index in [0.717, 1.165) is 25.1 Å². The summed E-state index contributed by atoms with van der Waals surface area (Å²) in [5.41, 5.74) is 0.916. The molecule has 0 aromatic heterocycles. The monoisotopic (exact) mass is 623 g/mol. The van der Waals surface area contributed by atoms with Gasteiger partial charge in [0.05, 0.1) is 74.0 Å². The van der Waals surface area contributed by atoms with Crippen LogP contribution in [0.15, 0.2) is 53.4 Å².